The summed E-state index contributed by atoms with van der Waals surface area (Å²) < 4.78 is 1.02. The number of halogens is 2. The average Bonchev–Trinajstić information content (AvgIpc) is 2.20. The smallest absolute Gasteiger partial charge is 0.0648 e. The van der Waals surface area contributed by atoms with E-state index < -0.39 is 0 Å². The summed E-state index contributed by atoms with van der Waals surface area (Å²) in [5.74, 6) is 0. The van der Waals surface area contributed by atoms with Crippen molar-refractivity contribution in [2.24, 2.45) is 0 Å². The number of anilines is 1. The fourth-order valence-corrected chi connectivity index (χ4v) is 2.15. The molecule has 15 heavy (non-hydrogen) atoms. The van der Waals surface area contributed by atoms with Crippen LogP contribution in [0, 0.1) is 0 Å². The van der Waals surface area contributed by atoms with Gasteiger partial charge in [-0.1, -0.05) is 53.7 Å². The molecule has 0 saturated heterocycles. The zero-order valence-electron chi connectivity index (χ0n) is 9.02. The first kappa shape index (κ1) is 12.9. The van der Waals surface area contributed by atoms with Crippen LogP contribution in [0.4, 0.5) is 5.69 Å². The second kappa shape index (κ2) is 7.13. The van der Waals surface area contributed by atoms with Crippen LogP contribution in [0.3, 0.4) is 0 Å². The molecule has 0 bridgehead atoms. The third kappa shape index (κ3) is 4.89. The summed E-state index contributed by atoms with van der Waals surface area (Å²) in [5.41, 5.74) is 1.02. The molecule has 0 aliphatic rings. The van der Waals surface area contributed by atoms with Crippen LogP contribution in [0.2, 0.25) is 5.02 Å². The molecule has 0 amide bonds. The summed E-state index contributed by atoms with van der Waals surface area (Å²) in [6.45, 7) is 3.22. The number of hydrogen-bond donors (Lipinski definition) is 1. The summed E-state index contributed by atoms with van der Waals surface area (Å²) in [5, 5.41) is 4.12. The highest BCUT2D eigenvalue weighted by molar-refractivity contribution is 9.10. The van der Waals surface area contributed by atoms with Gasteiger partial charge in [-0.25, -0.2) is 0 Å². The second-order valence-electron chi connectivity index (χ2n) is 3.61. The van der Waals surface area contributed by atoms with Crippen LogP contribution in [-0.4, -0.2) is 6.54 Å². The van der Waals surface area contributed by atoms with E-state index in [2.05, 4.69) is 28.2 Å². The van der Waals surface area contributed by atoms with Crippen molar-refractivity contribution in [2.45, 2.75) is 32.6 Å². The van der Waals surface area contributed by atoms with E-state index in [1.54, 1.807) is 0 Å². The molecule has 84 valence electrons. The minimum Gasteiger partial charge on any atom is -0.384 e. The molecule has 0 aliphatic carbocycles. The lowest BCUT2D eigenvalue weighted by molar-refractivity contribution is 0.685. The fraction of sp³-hybridized carbons (Fsp3) is 0.500. The molecule has 1 N–H and O–H groups in total. The highest BCUT2D eigenvalue weighted by Gasteiger charge is 1.99. The van der Waals surface area contributed by atoms with E-state index in [1.807, 2.05) is 18.2 Å². The van der Waals surface area contributed by atoms with Gasteiger partial charge in [0.15, 0.2) is 0 Å². The Labute approximate surface area is 105 Å². The van der Waals surface area contributed by atoms with Gasteiger partial charge in [0.2, 0.25) is 0 Å². The number of benzene rings is 1. The van der Waals surface area contributed by atoms with Crippen LogP contribution in [0.25, 0.3) is 0 Å². The van der Waals surface area contributed by atoms with E-state index in [0.717, 1.165) is 21.7 Å². The van der Waals surface area contributed by atoms with Crippen molar-refractivity contribution < 1.29 is 0 Å². The maximum atomic E-state index is 6.08. The lowest BCUT2D eigenvalue weighted by Crippen LogP contribution is -2.01. The molecule has 0 unspecified atom stereocenters. The van der Waals surface area contributed by atoms with Gasteiger partial charge >= 0.3 is 0 Å². The lowest BCUT2D eigenvalue weighted by atomic mass is 10.2. The molecule has 0 aromatic heterocycles. The summed E-state index contributed by atoms with van der Waals surface area (Å²) in [7, 11) is 0. The molecule has 1 nitrogen and oxygen atoms in total. The van der Waals surface area contributed by atoms with Gasteiger partial charge in [0.25, 0.3) is 0 Å². The molecule has 0 fully saturated rings. The predicted molar refractivity (Wildman–Crippen MR) is 71.8 cm³/mol. The zero-order chi connectivity index (χ0) is 11.1. The van der Waals surface area contributed by atoms with E-state index in [4.69, 9.17) is 11.6 Å². The molecule has 1 aromatic rings. The van der Waals surface area contributed by atoms with Gasteiger partial charge in [-0.15, -0.1) is 0 Å². The molecule has 1 rings (SSSR count). The van der Waals surface area contributed by atoms with Crippen molar-refractivity contribution >= 4 is 33.2 Å². The molecular formula is C12H17BrClN. The van der Waals surface area contributed by atoms with Crippen molar-refractivity contribution in [1.29, 1.82) is 0 Å². The molecule has 0 atom stereocenters. The number of hydrogen-bond acceptors (Lipinski definition) is 1. The number of nitrogens with one attached hydrogen (secondary N) is 1. The van der Waals surface area contributed by atoms with Crippen LogP contribution >= 0.6 is 27.5 Å². The van der Waals surface area contributed by atoms with Crippen molar-refractivity contribution in [1.82, 2.24) is 0 Å². The van der Waals surface area contributed by atoms with Gasteiger partial charge in [-0.2, -0.15) is 0 Å². The third-order valence-corrected chi connectivity index (χ3v) is 3.08. The molecule has 3 heteroatoms. The minimum absolute atomic E-state index is 0.778. The van der Waals surface area contributed by atoms with Crippen molar-refractivity contribution in [3.05, 3.63) is 27.7 Å². The normalized spacial score (nSPS) is 10.3. The van der Waals surface area contributed by atoms with Crippen molar-refractivity contribution in [3.63, 3.8) is 0 Å². The Morgan fingerprint density at radius 1 is 1.27 bits per heavy atom. The lowest BCUT2D eigenvalue weighted by Gasteiger charge is -2.08. The average molecular weight is 291 g/mol. The van der Waals surface area contributed by atoms with Crippen LogP contribution < -0.4 is 5.32 Å². The maximum Gasteiger partial charge on any atom is 0.0648 e. The quantitative estimate of drug-likeness (QED) is 0.719. The van der Waals surface area contributed by atoms with E-state index in [-0.39, 0.29) is 0 Å². The van der Waals surface area contributed by atoms with Gasteiger partial charge in [0.05, 0.1) is 10.7 Å². The Hall–Kier alpha value is -0.210. The summed E-state index contributed by atoms with van der Waals surface area (Å²) in [6, 6.07) is 5.92. The summed E-state index contributed by atoms with van der Waals surface area (Å²) in [6.07, 6.45) is 5.09. The Balaban J connectivity index is 2.31. The van der Waals surface area contributed by atoms with E-state index in [9.17, 15) is 0 Å². The molecule has 0 aliphatic heterocycles. The fourth-order valence-electron chi connectivity index (χ4n) is 1.41. The topological polar surface area (TPSA) is 12.0 Å². The van der Waals surface area contributed by atoms with Gasteiger partial charge < -0.3 is 5.32 Å². The molecular weight excluding hydrogens is 273 g/mol. The monoisotopic (exact) mass is 289 g/mol. The van der Waals surface area contributed by atoms with E-state index >= 15 is 0 Å². The molecule has 0 radical (unpaired) electrons. The predicted octanol–water partition coefficient (Wildman–Crippen LogP) is 5.09. The van der Waals surface area contributed by atoms with Gasteiger partial charge in [-0.3, -0.25) is 0 Å². The summed E-state index contributed by atoms with van der Waals surface area (Å²) >= 11 is 9.46. The van der Waals surface area contributed by atoms with Crippen molar-refractivity contribution in [3.8, 4) is 0 Å². The van der Waals surface area contributed by atoms with Crippen LogP contribution in [-0.2, 0) is 0 Å². The second-order valence-corrected chi connectivity index (χ2v) is 4.93. The number of rotatable bonds is 6. The first-order valence-electron chi connectivity index (χ1n) is 5.43. The molecule has 0 spiro atoms. The Bertz CT molecular complexity index is 302. The van der Waals surface area contributed by atoms with Crippen molar-refractivity contribution in [2.75, 3.05) is 11.9 Å². The molecule has 0 saturated carbocycles. The maximum absolute atomic E-state index is 6.08. The third-order valence-electron chi connectivity index (χ3n) is 2.28. The minimum atomic E-state index is 0.778. The van der Waals surface area contributed by atoms with Gasteiger partial charge in [0.1, 0.15) is 0 Å². The van der Waals surface area contributed by atoms with E-state index in [1.165, 1.54) is 25.7 Å². The van der Waals surface area contributed by atoms with E-state index in [0.29, 0.717) is 0 Å². The Kier molecular flexibility index (Phi) is 6.11. The summed E-state index contributed by atoms with van der Waals surface area (Å²) in [4.78, 5) is 0. The highest BCUT2D eigenvalue weighted by atomic mass is 79.9. The van der Waals surface area contributed by atoms with Gasteiger partial charge in [-0.05, 0) is 24.6 Å². The van der Waals surface area contributed by atoms with Crippen LogP contribution in [0.1, 0.15) is 32.6 Å². The zero-order valence-corrected chi connectivity index (χ0v) is 11.4. The molecule has 0 heterocycles. The van der Waals surface area contributed by atoms with Crippen LogP contribution in [0.5, 0.6) is 0 Å². The Morgan fingerprint density at radius 3 is 2.73 bits per heavy atom. The largest absolute Gasteiger partial charge is 0.384 e. The standard InChI is InChI=1S/C12H17BrClN/c1-2-3-4-5-8-15-12-7-6-10(13)9-11(12)14/h6-7,9,15H,2-5,8H2,1H3. The first-order valence-corrected chi connectivity index (χ1v) is 6.60. The Morgan fingerprint density at radius 2 is 2.07 bits per heavy atom. The highest BCUT2D eigenvalue weighted by Crippen LogP contribution is 2.25. The first-order chi connectivity index (χ1) is 7.24. The van der Waals surface area contributed by atoms with Gasteiger partial charge in [0, 0.05) is 11.0 Å². The number of unbranched alkanes of at least 4 members (excludes halogenated alkanes) is 3. The van der Waals surface area contributed by atoms with Crippen LogP contribution in [0.15, 0.2) is 22.7 Å². The SMILES string of the molecule is CCCCCCNc1ccc(Br)cc1Cl. The molecule has 1 aromatic carbocycles.